The summed E-state index contributed by atoms with van der Waals surface area (Å²) < 4.78 is 13.6. The highest BCUT2D eigenvalue weighted by atomic mass is 16.3. The van der Waals surface area contributed by atoms with Crippen LogP contribution in [0.25, 0.3) is 273 Å². The van der Waals surface area contributed by atoms with Crippen molar-refractivity contribution in [1.82, 2.24) is 0 Å². The van der Waals surface area contributed by atoms with Gasteiger partial charge in [-0.3, -0.25) is 0 Å². The van der Waals surface area contributed by atoms with Gasteiger partial charge < -0.3 is 8.83 Å². The van der Waals surface area contributed by atoms with Crippen LogP contribution in [0.4, 0.5) is 0 Å². The lowest BCUT2D eigenvalue weighted by Crippen LogP contribution is -1.92. The fourth-order valence-corrected chi connectivity index (χ4v) is 21.1. The van der Waals surface area contributed by atoms with Crippen LogP contribution in [0, 0.1) is 22.7 Å². The van der Waals surface area contributed by atoms with Crippen molar-refractivity contribution in [3.8, 4) is 90.0 Å². The lowest BCUT2D eigenvalue weighted by molar-refractivity contribution is 0.669. The van der Waals surface area contributed by atoms with Crippen molar-refractivity contribution in [2.45, 2.75) is 0 Å². The third-order valence-corrected chi connectivity index (χ3v) is 25.7. The van der Waals surface area contributed by atoms with E-state index in [-0.39, 0.29) is 0 Å². The van der Waals surface area contributed by atoms with Gasteiger partial charge in [-0.1, -0.05) is 291 Å². The third-order valence-electron chi connectivity index (χ3n) is 25.7. The zero-order chi connectivity index (χ0) is 74.4. The topological polar surface area (TPSA) is 73.9 Å². The average Bonchev–Trinajstić information content (AvgIpc) is 1.50. The molecule has 2 aromatic heterocycles. The summed E-state index contributed by atoms with van der Waals surface area (Å²) in [7, 11) is 0. The Morgan fingerprint density at radius 2 is 0.474 bits per heavy atom. The SMILES string of the molecule is N#Cc1ccc2oc3c(-c4ccc5c6c(-c7ccccc7)c7cc8c9ccccc9c9cccc(c7c(-c7ccc(-c%10ccc(-c%11c%12cc%13c%14ccccc%14c%14cccc(c%12c(-c%12ccccc%12)c%12c%15ccc(-c%16cccc%17c%16oc%16ccc(C#N)cc%16%17)c%16cccc(c%11%12)c%16%15)c%14%13)cc%10)cc7)c6c6cccc4c56)c98)cccc3c2c1. The lowest BCUT2D eigenvalue weighted by Gasteiger charge is -2.19. The Labute approximate surface area is 650 Å². The summed E-state index contributed by atoms with van der Waals surface area (Å²) in [6.07, 6.45) is 0. The molecule has 0 aliphatic carbocycles. The summed E-state index contributed by atoms with van der Waals surface area (Å²) in [5.74, 6) is 0. The first-order chi connectivity index (χ1) is 56.5. The summed E-state index contributed by atoms with van der Waals surface area (Å²) >= 11 is 0. The third kappa shape index (κ3) is 8.07. The van der Waals surface area contributed by atoms with Crippen molar-refractivity contribution in [3.05, 3.63) is 351 Å². The number of hydrogen-bond donors (Lipinski definition) is 0. The minimum absolute atomic E-state index is 0.605. The molecule has 518 valence electrons. The fourth-order valence-electron chi connectivity index (χ4n) is 21.1. The van der Waals surface area contributed by atoms with E-state index in [1.807, 2.05) is 36.4 Å². The fraction of sp³-hybridized carbons (Fsp3) is 0. The van der Waals surface area contributed by atoms with Crippen LogP contribution in [-0.2, 0) is 0 Å². The van der Waals surface area contributed by atoms with Gasteiger partial charge in [0, 0.05) is 32.7 Å². The molecular weight excluding hydrogens is 1380 g/mol. The molecule has 0 atom stereocenters. The van der Waals surface area contributed by atoms with Gasteiger partial charge in [0.05, 0.1) is 23.3 Å². The minimum Gasteiger partial charge on any atom is -0.455 e. The summed E-state index contributed by atoms with van der Waals surface area (Å²) in [6, 6.07) is 130. The minimum atomic E-state index is 0.605. The lowest BCUT2D eigenvalue weighted by atomic mass is 9.83. The molecular formula is C110H56N2O2. The molecule has 0 radical (unpaired) electrons. The maximum atomic E-state index is 10.0. The van der Waals surface area contributed by atoms with Crippen molar-refractivity contribution >= 4 is 195 Å². The predicted octanol–water partition coefficient (Wildman–Crippen LogP) is 30.8. The van der Waals surface area contributed by atoms with Crippen molar-refractivity contribution in [2.75, 3.05) is 0 Å². The van der Waals surface area contributed by atoms with Crippen molar-refractivity contribution in [1.29, 1.82) is 10.5 Å². The first-order valence-corrected chi connectivity index (χ1v) is 39.0. The number of rotatable bonds is 7. The maximum absolute atomic E-state index is 10.0. The van der Waals surface area contributed by atoms with Gasteiger partial charge in [-0.25, -0.2) is 0 Å². The van der Waals surface area contributed by atoms with Gasteiger partial charge in [-0.2, -0.15) is 10.5 Å². The van der Waals surface area contributed by atoms with E-state index in [1.165, 1.54) is 173 Å². The van der Waals surface area contributed by atoms with Crippen LogP contribution in [0.2, 0.25) is 0 Å². The largest absolute Gasteiger partial charge is 0.455 e. The molecule has 0 aliphatic heterocycles. The van der Waals surface area contributed by atoms with E-state index in [0.717, 1.165) is 99.2 Å². The Kier molecular flexibility index (Phi) is 12.2. The van der Waals surface area contributed by atoms with E-state index < -0.39 is 0 Å². The van der Waals surface area contributed by atoms with Gasteiger partial charge in [0.15, 0.2) is 0 Å². The molecule has 4 heteroatoms. The van der Waals surface area contributed by atoms with Gasteiger partial charge in [0.25, 0.3) is 0 Å². The standard InChI is InChI=1S/C110H56N2O2/c111-57-59-37-51-93-87(53-59)79-31-15-29-77(109(79)113-93)71-47-49-85-100-76(71)28-14-36-84(100)107-98(104-82-34-12-26-74-67-21-7-9-23-69(67)89(102(74)82)55-91(104)95(106(85)107)63-17-3-1-4-18-63)66-45-41-62(42-46-66)61-39-43-65(44-40-61)96-92-56-90-70-24-10-8-22-68(70)73-25-11-33-81(101(73)90)103(92)97(64-19-5-2-6-20-64)108-86-50-48-72(75-27-13-35-83(99(75)86)105(96)108)78-30-16-32-80-88-54-60(58-112)38-52-94(88)114-110(78)80/h1-56H. The average molecular weight is 1440 g/mol. The van der Waals surface area contributed by atoms with Crippen molar-refractivity contribution in [2.24, 2.45) is 0 Å². The summed E-state index contributed by atoms with van der Waals surface area (Å²) in [5.41, 5.74) is 20.3. The highest BCUT2D eigenvalue weighted by molar-refractivity contribution is 6.48. The second-order valence-electron chi connectivity index (χ2n) is 31.1. The number of nitriles is 2. The van der Waals surface area contributed by atoms with Crippen LogP contribution in [0.5, 0.6) is 0 Å². The Bertz CT molecular complexity index is 8840. The number of para-hydroxylation sites is 2. The van der Waals surface area contributed by atoms with E-state index in [4.69, 9.17) is 8.83 Å². The summed E-state index contributed by atoms with van der Waals surface area (Å²) in [5, 5.41) is 58.5. The molecule has 0 saturated carbocycles. The molecule has 2 heterocycles. The highest BCUT2D eigenvalue weighted by Gasteiger charge is 2.31. The smallest absolute Gasteiger partial charge is 0.143 e. The monoisotopic (exact) mass is 1440 g/mol. The van der Waals surface area contributed by atoms with Crippen LogP contribution < -0.4 is 0 Å². The number of nitrogens with zero attached hydrogens (tertiary/aromatic N) is 2. The number of furan rings is 2. The van der Waals surface area contributed by atoms with Gasteiger partial charge >= 0.3 is 0 Å². The quantitative estimate of drug-likeness (QED) is 0.149. The summed E-state index contributed by atoms with van der Waals surface area (Å²) in [6.45, 7) is 0. The number of fused-ring (bicyclic) bond motifs is 22. The Morgan fingerprint density at radius 3 is 0.904 bits per heavy atom. The first-order valence-electron chi connectivity index (χ1n) is 39.0. The summed E-state index contributed by atoms with van der Waals surface area (Å²) in [4.78, 5) is 0. The second-order valence-corrected chi connectivity index (χ2v) is 31.1. The normalized spacial score (nSPS) is 12.4. The zero-order valence-corrected chi connectivity index (χ0v) is 61.0. The molecule has 26 aromatic rings. The first kappa shape index (κ1) is 61.4. The molecule has 0 aliphatic rings. The van der Waals surface area contributed by atoms with Crippen molar-refractivity contribution in [3.63, 3.8) is 0 Å². The van der Waals surface area contributed by atoms with Gasteiger partial charge in [-0.05, 0) is 266 Å². The van der Waals surface area contributed by atoms with Crippen LogP contribution >= 0.6 is 0 Å². The maximum Gasteiger partial charge on any atom is 0.143 e. The molecule has 0 fully saturated rings. The van der Waals surface area contributed by atoms with Gasteiger partial charge in [0.1, 0.15) is 22.3 Å². The Morgan fingerprint density at radius 1 is 0.167 bits per heavy atom. The molecule has 114 heavy (non-hydrogen) atoms. The van der Waals surface area contributed by atoms with Gasteiger partial charge in [-0.15, -0.1) is 0 Å². The number of benzene rings is 20. The molecule has 0 saturated heterocycles. The zero-order valence-electron chi connectivity index (χ0n) is 61.0. The molecule has 0 spiro atoms. The Balaban J connectivity index is 0.710. The van der Waals surface area contributed by atoms with Gasteiger partial charge in [0.2, 0.25) is 0 Å². The second kappa shape index (κ2) is 22.6. The van der Waals surface area contributed by atoms with E-state index in [9.17, 15) is 10.5 Å². The predicted molar refractivity (Wildman–Crippen MR) is 478 cm³/mol. The van der Waals surface area contributed by atoms with E-state index >= 15 is 0 Å². The molecule has 4 nitrogen and oxygen atoms in total. The van der Waals surface area contributed by atoms with E-state index in [0.29, 0.717) is 11.1 Å². The van der Waals surface area contributed by atoms with Crippen LogP contribution in [-0.4, -0.2) is 0 Å². The molecule has 26 rings (SSSR count). The molecule has 24 aromatic carbocycles. The van der Waals surface area contributed by atoms with Crippen molar-refractivity contribution < 1.29 is 8.83 Å². The van der Waals surface area contributed by atoms with Crippen LogP contribution in [0.15, 0.2) is 349 Å². The molecule has 0 unspecified atom stereocenters. The highest BCUT2D eigenvalue weighted by Crippen LogP contribution is 2.59. The van der Waals surface area contributed by atoms with E-state index in [1.54, 1.807) is 0 Å². The molecule has 0 bridgehead atoms. The van der Waals surface area contributed by atoms with Crippen LogP contribution in [0.3, 0.4) is 0 Å². The molecule has 0 N–H and O–H groups in total. The van der Waals surface area contributed by atoms with Crippen LogP contribution in [0.1, 0.15) is 11.1 Å². The Hall–Kier alpha value is -15.5. The number of hydrogen-bond acceptors (Lipinski definition) is 4. The molecule has 0 amide bonds. The van der Waals surface area contributed by atoms with E-state index in [2.05, 4.69) is 315 Å².